The van der Waals surface area contributed by atoms with Crippen LogP contribution in [-0.4, -0.2) is 30.4 Å². The van der Waals surface area contributed by atoms with E-state index in [-0.39, 0.29) is 0 Å². The average Bonchev–Trinajstić information content (AvgIpc) is 3.03. The summed E-state index contributed by atoms with van der Waals surface area (Å²) in [5, 5.41) is 21.2. The van der Waals surface area contributed by atoms with E-state index in [1.807, 2.05) is 4.68 Å². The van der Waals surface area contributed by atoms with Gasteiger partial charge < -0.3 is 0 Å². The Bertz CT molecular complexity index is 493. The third kappa shape index (κ3) is 2.00. The highest BCUT2D eigenvalue weighted by Crippen LogP contribution is 2.37. The van der Waals surface area contributed by atoms with Gasteiger partial charge in [0.2, 0.25) is 5.16 Å². The average molecular weight is 255 g/mol. The van der Waals surface area contributed by atoms with Gasteiger partial charge in [0.1, 0.15) is 5.03 Å². The van der Waals surface area contributed by atoms with E-state index in [4.69, 9.17) is 11.6 Å². The molecule has 0 aromatic carbocycles. The van der Waals surface area contributed by atoms with Gasteiger partial charge in [0, 0.05) is 0 Å². The quantitative estimate of drug-likeness (QED) is 0.829. The van der Waals surface area contributed by atoms with E-state index in [1.165, 1.54) is 11.8 Å². The molecule has 82 valence electrons. The zero-order valence-electron chi connectivity index (χ0n) is 8.12. The first-order chi connectivity index (χ1) is 7.83. The van der Waals surface area contributed by atoms with Gasteiger partial charge in [0.15, 0.2) is 5.15 Å². The summed E-state index contributed by atoms with van der Waals surface area (Å²) in [6.07, 6.45) is 2.29. The maximum absolute atomic E-state index is 5.66. The molecule has 16 heavy (non-hydrogen) atoms. The lowest BCUT2D eigenvalue weighted by Gasteiger charge is -2.00. The molecule has 0 spiro atoms. The minimum absolute atomic E-state index is 0.381. The smallest absolute Gasteiger partial charge is 0.215 e. The van der Waals surface area contributed by atoms with E-state index in [1.54, 1.807) is 12.1 Å². The summed E-state index contributed by atoms with van der Waals surface area (Å²) in [5.74, 6) is 0. The van der Waals surface area contributed by atoms with Crippen LogP contribution < -0.4 is 0 Å². The van der Waals surface area contributed by atoms with Crippen molar-refractivity contribution >= 4 is 23.4 Å². The molecule has 0 bridgehead atoms. The van der Waals surface area contributed by atoms with Crippen LogP contribution in [0.3, 0.4) is 0 Å². The van der Waals surface area contributed by atoms with Crippen molar-refractivity contribution in [1.29, 1.82) is 0 Å². The lowest BCUT2D eigenvalue weighted by Crippen LogP contribution is -1.98. The molecular formula is C8H7ClN6S. The van der Waals surface area contributed by atoms with Crippen LogP contribution in [0.25, 0.3) is 0 Å². The highest BCUT2D eigenvalue weighted by atomic mass is 35.5. The lowest BCUT2D eigenvalue weighted by atomic mass is 10.6. The number of rotatable bonds is 3. The zero-order valence-corrected chi connectivity index (χ0v) is 9.69. The van der Waals surface area contributed by atoms with Gasteiger partial charge in [-0.1, -0.05) is 11.6 Å². The summed E-state index contributed by atoms with van der Waals surface area (Å²) in [5.41, 5.74) is 0. The standard InChI is InChI=1S/C8H7ClN6S/c9-6-3-4-7(11-10-6)16-8-12-13-14-15(8)5-1-2-5/h3-5H,1-2H2. The molecule has 1 saturated carbocycles. The third-order valence-electron chi connectivity index (χ3n) is 2.16. The fraction of sp³-hybridized carbons (Fsp3) is 0.375. The van der Waals surface area contributed by atoms with Crippen LogP contribution in [0.2, 0.25) is 5.15 Å². The van der Waals surface area contributed by atoms with Gasteiger partial charge in [0.05, 0.1) is 6.04 Å². The van der Waals surface area contributed by atoms with Gasteiger partial charge >= 0.3 is 0 Å². The fourth-order valence-electron chi connectivity index (χ4n) is 1.25. The van der Waals surface area contributed by atoms with E-state index in [9.17, 15) is 0 Å². The molecular weight excluding hydrogens is 248 g/mol. The van der Waals surface area contributed by atoms with Crippen molar-refractivity contribution in [1.82, 2.24) is 30.4 Å². The van der Waals surface area contributed by atoms with Gasteiger partial charge in [-0.2, -0.15) is 0 Å². The van der Waals surface area contributed by atoms with E-state index in [2.05, 4.69) is 25.7 Å². The number of tetrazole rings is 1. The zero-order chi connectivity index (χ0) is 11.0. The maximum atomic E-state index is 5.66. The first-order valence-electron chi connectivity index (χ1n) is 4.78. The van der Waals surface area contributed by atoms with Crippen molar-refractivity contribution < 1.29 is 0 Å². The molecule has 1 fully saturated rings. The molecule has 0 aliphatic heterocycles. The van der Waals surface area contributed by atoms with Gasteiger partial charge in [-0.25, -0.2) is 4.68 Å². The number of halogens is 1. The van der Waals surface area contributed by atoms with Crippen molar-refractivity contribution in [2.24, 2.45) is 0 Å². The van der Waals surface area contributed by atoms with Crippen molar-refractivity contribution in [3.05, 3.63) is 17.3 Å². The molecule has 0 atom stereocenters. The monoisotopic (exact) mass is 254 g/mol. The molecule has 2 aromatic heterocycles. The Labute approximate surface area is 100 Å². The summed E-state index contributed by atoms with van der Waals surface area (Å²) < 4.78 is 1.83. The molecule has 1 aliphatic rings. The molecule has 8 heteroatoms. The van der Waals surface area contributed by atoms with Crippen LogP contribution in [-0.2, 0) is 0 Å². The van der Waals surface area contributed by atoms with E-state index in [0.29, 0.717) is 11.2 Å². The SMILES string of the molecule is Clc1ccc(Sc2nnnn2C2CC2)nn1. The van der Waals surface area contributed by atoms with Gasteiger partial charge in [-0.05, 0) is 47.2 Å². The topological polar surface area (TPSA) is 69.4 Å². The highest BCUT2D eigenvalue weighted by Gasteiger charge is 2.28. The van der Waals surface area contributed by atoms with Crippen molar-refractivity contribution in [3.63, 3.8) is 0 Å². The summed E-state index contributed by atoms with van der Waals surface area (Å²) in [7, 11) is 0. The molecule has 0 unspecified atom stereocenters. The number of nitrogens with zero attached hydrogens (tertiary/aromatic N) is 6. The van der Waals surface area contributed by atoms with E-state index in [0.717, 1.165) is 23.0 Å². The second kappa shape index (κ2) is 3.99. The third-order valence-corrected chi connectivity index (χ3v) is 3.24. The Morgan fingerprint density at radius 3 is 2.81 bits per heavy atom. The summed E-state index contributed by atoms with van der Waals surface area (Å²) in [4.78, 5) is 0. The Kier molecular flexibility index (Phi) is 2.49. The minimum Gasteiger partial charge on any atom is -0.217 e. The predicted molar refractivity (Wildman–Crippen MR) is 57.3 cm³/mol. The van der Waals surface area contributed by atoms with Crippen LogP contribution in [0.15, 0.2) is 22.3 Å². The summed E-state index contributed by atoms with van der Waals surface area (Å²) >= 11 is 7.05. The van der Waals surface area contributed by atoms with Crippen molar-refractivity contribution in [2.75, 3.05) is 0 Å². The summed E-state index contributed by atoms with van der Waals surface area (Å²) in [6.45, 7) is 0. The van der Waals surface area contributed by atoms with Gasteiger partial charge in [0.25, 0.3) is 0 Å². The van der Waals surface area contributed by atoms with Crippen LogP contribution in [0.4, 0.5) is 0 Å². The molecule has 0 radical (unpaired) electrons. The Hall–Kier alpha value is -1.21. The van der Waals surface area contributed by atoms with E-state index < -0.39 is 0 Å². The lowest BCUT2D eigenvalue weighted by molar-refractivity contribution is 0.565. The van der Waals surface area contributed by atoms with Crippen LogP contribution in [0, 0.1) is 0 Å². The minimum atomic E-state index is 0.381. The van der Waals surface area contributed by atoms with Crippen molar-refractivity contribution in [2.45, 2.75) is 29.1 Å². The molecule has 2 heterocycles. The second-order valence-electron chi connectivity index (χ2n) is 3.43. The Morgan fingerprint density at radius 1 is 1.25 bits per heavy atom. The molecule has 2 aromatic rings. The Morgan fingerprint density at radius 2 is 2.12 bits per heavy atom. The second-order valence-corrected chi connectivity index (χ2v) is 4.81. The molecule has 3 rings (SSSR count). The van der Waals surface area contributed by atoms with Crippen LogP contribution in [0.1, 0.15) is 18.9 Å². The maximum Gasteiger partial charge on any atom is 0.215 e. The molecule has 0 N–H and O–H groups in total. The number of hydrogen-bond acceptors (Lipinski definition) is 6. The van der Waals surface area contributed by atoms with Gasteiger partial charge in [-0.15, -0.1) is 15.3 Å². The number of hydrogen-bond donors (Lipinski definition) is 0. The Balaban J connectivity index is 1.82. The first-order valence-corrected chi connectivity index (χ1v) is 5.97. The van der Waals surface area contributed by atoms with Crippen molar-refractivity contribution in [3.8, 4) is 0 Å². The van der Waals surface area contributed by atoms with E-state index >= 15 is 0 Å². The first kappa shape index (κ1) is 9.98. The fourth-order valence-corrected chi connectivity index (χ4v) is 2.11. The normalized spacial score (nSPS) is 15.3. The predicted octanol–water partition coefficient (Wildman–Crippen LogP) is 1.60. The number of aromatic nitrogens is 6. The van der Waals surface area contributed by atoms with Crippen LogP contribution in [0.5, 0.6) is 0 Å². The molecule has 0 amide bonds. The summed E-state index contributed by atoms with van der Waals surface area (Å²) in [6, 6.07) is 3.95. The molecule has 0 saturated heterocycles. The van der Waals surface area contributed by atoms with Gasteiger partial charge in [-0.3, -0.25) is 0 Å². The highest BCUT2D eigenvalue weighted by molar-refractivity contribution is 7.99. The molecule has 6 nitrogen and oxygen atoms in total. The largest absolute Gasteiger partial charge is 0.217 e. The molecule has 1 aliphatic carbocycles. The van der Waals surface area contributed by atoms with Crippen LogP contribution >= 0.6 is 23.4 Å².